The topological polar surface area (TPSA) is 42.4 Å². The van der Waals surface area contributed by atoms with Gasteiger partial charge in [-0.2, -0.15) is 0 Å². The van der Waals surface area contributed by atoms with Gasteiger partial charge in [-0.1, -0.05) is 36.4 Å². The van der Waals surface area contributed by atoms with Crippen LogP contribution in [0.5, 0.6) is 0 Å². The number of hydrogen-bond donors (Lipinski definition) is 0. The van der Waals surface area contributed by atoms with Crippen LogP contribution >= 0.6 is 0 Å². The molecule has 0 atom stereocenters. The minimum Gasteiger partial charge on any atom is -0.466 e. The lowest BCUT2D eigenvalue weighted by Gasteiger charge is -2.23. The van der Waals surface area contributed by atoms with Crippen molar-refractivity contribution < 1.29 is 9.53 Å². The Morgan fingerprint density at radius 3 is 2.57 bits per heavy atom. The molecule has 0 saturated heterocycles. The molecule has 0 N–H and O–H groups in total. The molecule has 0 radical (unpaired) electrons. The van der Waals surface area contributed by atoms with Crippen molar-refractivity contribution in [2.24, 2.45) is 0 Å². The average Bonchev–Trinajstić information content (AvgIpc) is 2.56. The van der Waals surface area contributed by atoms with Gasteiger partial charge in [-0.25, -0.2) is 4.98 Å². The highest BCUT2D eigenvalue weighted by Gasteiger charge is 2.11. The van der Waals surface area contributed by atoms with E-state index in [1.54, 1.807) is 0 Å². The highest BCUT2D eigenvalue weighted by molar-refractivity contribution is 5.70. The Balaban J connectivity index is 2.03. The van der Waals surface area contributed by atoms with Crippen molar-refractivity contribution in [1.82, 2.24) is 4.98 Å². The van der Waals surface area contributed by atoms with E-state index in [9.17, 15) is 4.79 Å². The summed E-state index contributed by atoms with van der Waals surface area (Å²) in [5.74, 6) is 0.745. The molecule has 122 valence electrons. The second-order valence-electron chi connectivity index (χ2n) is 5.41. The summed E-state index contributed by atoms with van der Waals surface area (Å²) >= 11 is 0. The molecule has 0 spiro atoms. The number of carbonyl (C=O) groups is 1. The van der Waals surface area contributed by atoms with Gasteiger partial charge >= 0.3 is 5.97 Å². The van der Waals surface area contributed by atoms with Gasteiger partial charge in [0, 0.05) is 18.8 Å². The van der Waals surface area contributed by atoms with Gasteiger partial charge in [-0.3, -0.25) is 4.79 Å². The lowest BCUT2D eigenvalue weighted by atomic mass is 10.1. The standard InChI is InChI=1S/C19H24N2O2/c1-3-23-19(22)13-15-21(18-11-7-8-16(2)20-18)14-12-17-9-5-4-6-10-17/h4-11H,3,12-15H2,1-2H3. The molecule has 4 nitrogen and oxygen atoms in total. The van der Waals surface area contributed by atoms with Crippen LogP contribution in [0.15, 0.2) is 48.5 Å². The monoisotopic (exact) mass is 312 g/mol. The Kier molecular flexibility index (Phi) is 6.60. The van der Waals surface area contributed by atoms with Crippen LogP contribution in [0.3, 0.4) is 0 Å². The number of aryl methyl sites for hydroxylation is 1. The Labute approximate surface area is 138 Å². The van der Waals surface area contributed by atoms with Gasteiger partial charge in [0.05, 0.1) is 13.0 Å². The molecule has 0 aliphatic carbocycles. The normalized spacial score (nSPS) is 10.3. The first-order chi connectivity index (χ1) is 11.2. The lowest BCUT2D eigenvalue weighted by molar-refractivity contribution is -0.142. The molecular formula is C19H24N2O2. The molecule has 0 unspecified atom stereocenters. The molecule has 23 heavy (non-hydrogen) atoms. The molecule has 0 aliphatic heterocycles. The van der Waals surface area contributed by atoms with E-state index in [0.717, 1.165) is 24.5 Å². The minimum absolute atomic E-state index is 0.162. The van der Waals surface area contributed by atoms with Crippen molar-refractivity contribution in [3.05, 3.63) is 59.8 Å². The predicted molar refractivity (Wildman–Crippen MR) is 92.6 cm³/mol. The zero-order chi connectivity index (χ0) is 16.5. The van der Waals surface area contributed by atoms with Crippen molar-refractivity contribution in [2.45, 2.75) is 26.7 Å². The van der Waals surface area contributed by atoms with Crippen molar-refractivity contribution in [2.75, 3.05) is 24.6 Å². The Morgan fingerprint density at radius 1 is 1.09 bits per heavy atom. The summed E-state index contributed by atoms with van der Waals surface area (Å²) in [7, 11) is 0. The summed E-state index contributed by atoms with van der Waals surface area (Å²) in [5, 5.41) is 0. The van der Waals surface area contributed by atoms with Crippen LogP contribution < -0.4 is 4.90 Å². The summed E-state index contributed by atoms with van der Waals surface area (Å²) < 4.78 is 5.03. The van der Waals surface area contributed by atoms with E-state index in [2.05, 4.69) is 22.0 Å². The van der Waals surface area contributed by atoms with Gasteiger partial charge in [0.15, 0.2) is 0 Å². The van der Waals surface area contributed by atoms with Crippen molar-refractivity contribution >= 4 is 11.8 Å². The zero-order valence-electron chi connectivity index (χ0n) is 13.9. The van der Waals surface area contributed by atoms with Crippen molar-refractivity contribution in [3.8, 4) is 0 Å². The number of rotatable bonds is 8. The number of anilines is 1. The minimum atomic E-state index is -0.162. The molecule has 0 saturated carbocycles. The van der Waals surface area contributed by atoms with E-state index in [1.165, 1.54) is 5.56 Å². The Bertz CT molecular complexity index is 614. The number of nitrogens with zero attached hydrogens (tertiary/aromatic N) is 2. The molecule has 0 amide bonds. The van der Waals surface area contributed by atoms with Gasteiger partial charge in [-0.15, -0.1) is 0 Å². The van der Waals surface area contributed by atoms with E-state index in [1.807, 2.05) is 50.2 Å². The first-order valence-corrected chi connectivity index (χ1v) is 8.07. The average molecular weight is 312 g/mol. The summed E-state index contributed by atoms with van der Waals surface area (Å²) in [5.41, 5.74) is 2.25. The fraction of sp³-hybridized carbons (Fsp3) is 0.368. The van der Waals surface area contributed by atoms with Crippen LogP contribution in [-0.2, 0) is 16.0 Å². The number of pyridine rings is 1. The molecule has 1 aromatic heterocycles. The summed E-state index contributed by atoms with van der Waals surface area (Å²) in [6, 6.07) is 16.3. The molecular weight excluding hydrogens is 288 g/mol. The Morgan fingerprint density at radius 2 is 1.87 bits per heavy atom. The van der Waals surface area contributed by atoms with Crippen LogP contribution in [0.1, 0.15) is 24.6 Å². The third-order valence-electron chi connectivity index (χ3n) is 3.60. The molecule has 0 fully saturated rings. The van der Waals surface area contributed by atoms with Gasteiger partial charge in [-0.05, 0) is 38.0 Å². The maximum atomic E-state index is 11.7. The number of carbonyl (C=O) groups excluding carboxylic acids is 1. The quantitative estimate of drug-likeness (QED) is 0.701. The largest absolute Gasteiger partial charge is 0.466 e. The number of ether oxygens (including phenoxy) is 1. The van der Waals surface area contributed by atoms with Crippen LogP contribution in [0.2, 0.25) is 0 Å². The predicted octanol–water partition coefficient (Wildman–Crippen LogP) is 3.39. The summed E-state index contributed by atoms with van der Waals surface area (Å²) in [6.07, 6.45) is 1.29. The fourth-order valence-electron chi connectivity index (χ4n) is 2.41. The summed E-state index contributed by atoms with van der Waals surface area (Å²) in [4.78, 5) is 18.4. The van der Waals surface area contributed by atoms with E-state index >= 15 is 0 Å². The van der Waals surface area contributed by atoms with Crippen LogP contribution in [0, 0.1) is 6.92 Å². The van der Waals surface area contributed by atoms with Crippen molar-refractivity contribution in [3.63, 3.8) is 0 Å². The fourth-order valence-corrected chi connectivity index (χ4v) is 2.41. The van der Waals surface area contributed by atoms with Gasteiger partial charge in [0.2, 0.25) is 0 Å². The third kappa shape index (κ3) is 5.74. The number of esters is 1. The molecule has 1 aromatic carbocycles. The zero-order valence-corrected chi connectivity index (χ0v) is 13.9. The van der Waals surface area contributed by atoms with E-state index in [4.69, 9.17) is 4.74 Å². The maximum Gasteiger partial charge on any atom is 0.307 e. The molecule has 1 heterocycles. The number of benzene rings is 1. The van der Waals surface area contributed by atoms with Crippen LogP contribution in [-0.4, -0.2) is 30.6 Å². The molecule has 2 aromatic rings. The highest BCUT2D eigenvalue weighted by atomic mass is 16.5. The second-order valence-corrected chi connectivity index (χ2v) is 5.41. The van der Waals surface area contributed by atoms with Gasteiger partial charge in [0.1, 0.15) is 5.82 Å². The first-order valence-electron chi connectivity index (χ1n) is 8.07. The number of aromatic nitrogens is 1. The van der Waals surface area contributed by atoms with E-state index in [-0.39, 0.29) is 5.97 Å². The van der Waals surface area contributed by atoms with Crippen LogP contribution in [0.4, 0.5) is 5.82 Å². The van der Waals surface area contributed by atoms with Crippen LogP contribution in [0.25, 0.3) is 0 Å². The van der Waals surface area contributed by atoms with E-state index < -0.39 is 0 Å². The Hall–Kier alpha value is -2.36. The lowest BCUT2D eigenvalue weighted by Crippen LogP contribution is -2.29. The van der Waals surface area contributed by atoms with Gasteiger partial charge < -0.3 is 9.64 Å². The van der Waals surface area contributed by atoms with E-state index in [0.29, 0.717) is 19.6 Å². The first kappa shape index (κ1) is 17.0. The number of hydrogen-bond acceptors (Lipinski definition) is 4. The third-order valence-corrected chi connectivity index (χ3v) is 3.60. The molecule has 4 heteroatoms. The SMILES string of the molecule is CCOC(=O)CCN(CCc1ccccc1)c1cccc(C)n1. The van der Waals surface area contributed by atoms with Gasteiger partial charge in [0.25, 0.3) is 0 Å². The second kappa shape index (κ2) is 8.93. The smallest absolute Gasteiger partial charge is 0.307 e. The molecule has 0 aliphatic rings. The summed E-state index contributed by atoms with van der Waals surface area (Å²) in [6.45, 7) is 5.66. The molecule has 2 rings (SSSR count). The van der Waals surface area contributed by atoms with Crippen molar-refractivity contribution in [1.29, 1.82) is 0 Å². The highest BCUT2D eigenvalue weighted by Crippen LogP contribution is 2.13. The molecule has 0 bridgehead atoms. The maximum absolute atomic E-state index is 11.7.